The highest BCUT2D eigenvalue weighted by atomic mass is 35.5. The first-order chi connectivity index (χ1) is 2.00. The minimum absolute atomic E-state index is 0. The quantitative estimate of drug-likeness (QED) is 0.491. The fourth-order valence-electron chi connectivity index (χ4n) is 0. The van der Waals surface area contributed by atoms with Gasteiger partial charge in [-0.1, -0.05) is 7.43 Å². The molecule has 0 fully saturated rings. The van der Waals surface area contributed by atoms with Crippen molar-refractivity contribution < 1.29 is 17.5 Å². The summed E-state index contributed by atoms with van der Waals surface area (Å²) in [6, 6.07) is 0. The molecule has 0 aromatic rings. The summed E-state index contributed by atoms with van der Waals surface area (Å²) in [7, 11) is -4.67. The zero-order valence-corrected chi connectivity index (χ0v) is 4.16. The lowest BCUT2D eigenvalue weighted by molar-refractivity contribution is 0.381. The van der Waals surface area contributed by atoms with E-state index in [1.807, 2.05) is 0 Å². The number of hydrogen-bond acceptors (Lipinski definition) is 2. The first-order valence-electron chi connectivity index (χ1n) is 0.698. The molecule has 2 N–H and O–H groups in total. The van der Waals surface area contributed by atoms with Gasteiger partial charge in [-0.05, 0) is 0 Å². The summed E-state index contributed by atoms with van der Waals surface area (Å²) in [5.74, 6) is 0. The molecule has 0 aromatic carbocycles. The van der Waals surface area contributed by atoms with Crippen molar-refractivity contribution in [2.45, 2.75) is 7.43 Å². The van der Waals surface area contributed by atoms with Gasteiger partial charge in [0.05, 0.1) is 0 Å². The second kappa shape index (κ2) is 4.32. The van der Waals surface area contributed by atoms with Crippen LogP contribution in [0.4, 0.5) is 0 Å². The minimum Gasteiger partial charge on any atom is -0.264 e. The Balaban J connectivity index is -0.0000000800. The van der Waals surface area contributed by atoms with Crippen LogP contribution in [0.1, 0.15) is 7.43 Å². The zero-order chi connectivity index (χ0) is 4.50. The second-order valence-corrected chi connectivity index (χ2v) is 1.34. The SMILES string of the molecule is C.Cl.O=S(=O)(O)O. The van der Waals surface area contributed by atoms with E-state index >= 15 is 0 Å². The van der Waals surface area contributed by atoms with E-state index in [9.17, 15) is 0 Å². The molecule has 0 bridgehead atoms. The molecule has 0 aliphatic heterocycles. The van der Waals surface area contributed by atoms with Crippen LogP contribution in [-0.2, 0) is 10.4 Å². The van der Waals surface area contributed by atoms with Gasteiger partial charge in [-0.2, -0.15) is 8.42 Å². The van der Waals surface area contributed by atoms with Crippen LogP contribution in [0.15, 0.2) is 0 Å². The first kappa shape index (κ1) is 15.7. The van der Waals surface area contributed by atoms with Crippen molar-refractivity contribution in [2.75, 3.05) is 0 Å². The molecule has 0 aliphatic rings. The first-order valence-corrected chi connectivity index (χ1v) is 2.10. The molecule has 0 unspecified atom stereocenters. The van der Waals surface area contributed by atoms with Crippen LogP contribution in [0.3, 0.4) is 0 Å². The molecular formula is CH7ClO4S. The lowest BCUT2D eigenvalue weighted by Gasteiger charge is -1.68. The molecule has 0 aromatic heterocycles. The number of hydrogen-bond donors (Lipinski definition) is 2. The van der Waals surface area contributed by atoms with Gasteiger partial charge >= 0.3 is 10.4 Å². The lowest BCUT2D eigenvalue weighted by Crippen LogP contribution is -1.89. The monoisotopic (exact) mass is 150 g/mol. The molecule has 0 spiro atoms. The zero-order valence-electron chi connectivity index (χ0n) is 2.53. The Morgan fingerprint density at radius 2 is 1.14 bits per heavy atom. The maximum Gasteiger partial charge on any atom is 0.394 e. The van der Waals surface area contributed by atoms with Gasteiger partial charge in [-0.25, -0.2) is 0 Å². The van der Waals surface area contributed by atoms with Gasteiger partial charge < -0.3 is 0 Å². The topological polar surface area (TPSA) is 74.6 Å². The van der Waals surface area contributed by atoms with E-state index in [1.165, 1.54) is 0 Å². The van der Waals surface area contributed by atoms with E-state index in [2.05, 4.69) is 0 Å². The molecule has 48 valence electrons. The summed E-state index contributed by atoms with van der Waals surface area (Å²) < 4.78 is 31.6. The molecule has 0 atom stereocenters. The molecule has 0 heterocycles. The third kappa shape index (κ3) is 4160. The largest absolute Gasteiger partial charge is 0.394 e. The van der Waals surface area contributed by atoms with Gasteiger partial charge in [-0.15, -0.1) is 12.4 Å². The van der Waals surface area contributed by atoms with Gasteiger partial charge in [-0.3, -0.25) is 9.11 Å². The normalized spacial score (nSPS) is 8.29. The number of halogens is 1. The van der Waals surface area contributed by atoms with Crippen LogP contribution in [0.25, 0.3) is 0 Å². The fraction of sp³-hybridized carbons (Fsp3) is 1.00. The van der Waals surface area contributed by atoms with E-state index < -0.39 is 10.4 Å². The summed E-state index contributed by atoms with van der Waals surface area (Å²) in [6.45, 7) is 0. The fourth-order valence-corrected chi connectivity index (χ4v) is 0. The molecule has 0 saturated carbocycles. The molecule has 0 amide bonds. The maximum atomic E-state index is 8.74. The van der Waals surface area contributed by atoms with E-state index in [0.717, 1.165) is 0 Å². The van der Waals surface area contributed by atoms with Crippen LogP contribution in [0.5, 0.6) is 0 Å². The van der Waals surface area contributed by atoms with Crippen LogP contribution in [0.2, 0.25) is 0 Å². The van der Waals surface area contributed by atoms with Crippen molar-refractivity contribution in [3.63, 3.8) is 0 Å². The van der Waals surface area contributed by atoms with E-state index in [-0.39, 0.29) is 19.8 Å². The molecule has 4 nitrogen and oxygen atoms in total. The molecule has 0 aliphatic carbocycles. The molecule has 0 radical (unpaired) electrons. The van der Waals surface area contributed by atoms with E-state index in [0.29, 0.717) is 0 Å². The van der Waals surface area contributed by atoms with E-state index in [1.54, 1.807) is 0 Å². The molecule has 0 rings (SSSR count). The van der Waals surface area contributed by atoms with Crippen molar-refractivity contribution in [2.24, 2.45) is 0 Å². The highest BCUT2D eigenvalue weighted by Gasteiger charge is 1.84. The predicted molar refractivity (Wildman–Crippen MR) is 28.2 cm³/mol. The third-order valence-electron chi connectivity index (χ3n) is 0. The Morgan fingerprint density at radius 3 is 1.14 bits per heavy atom. The van der Waals surface area contributed by atoms with Crippen molar-refractivity contribution in [1.82, 2.24) is 0 Å². The third-order valence-corrected chi connectivity index (χ3v) is 0. The Labute approximate surface area is 48.5 Å². The predicted octanol–water partition coefficient (Wildman–Crippen LogP) is 0.405. The average molecular weight is 151 g/mol. The average Bonchev–Trinajstić information content (AvgIpc) is 0.722. The summed E-state index contributed by atoms with van der Waals surface area (Å²) in [5.41, 5.74) is 0. The van der Waals surface area contributed by atoms with Crippen molar-refractivity contribution in [3.05, 3.63) is 0 Å². The summed E-state index contributed by atoms with van der Waals surface area (Å²) in [4.78, 5) is 0. The summed E-state index contributed by atoms with van der Waals surface area (Å²) in [6.07, 6.45) is 0. The van der Waals surface area contributed by atoms with Crippen LogP contribution < -0.4 is 0 Å². The highest BCUT2D eigenvalue weighted by molar-refractivity contribution is 7.79. The van der Waals surface area contributed by atoms with Crippen molar-refractivity contribution in [1.29, 1.82) is 0 Å². The molecule has 0 saturated heterocycles. The van der Waals surface area contributed by atoms with Gasteiger partial charge in [0.1, 0.15) is 0 Å². The van der Waals surface area contributed by atoms with Gasteiger partial charge in [0.15, 0.2) is 0 Å². The van der Waals surface area contributed by atoms with E-state index in [4.69, 9.17) is 17.5 Å². The van der Waals surface area contributed by atoms with Gasteiger partial charge in [0, 0.05) is 0 Å². The molecular weight excluding hydrogens is 144 g/mol. The van der Waals surface area contributed by atoms with Crippen molar-refractivity contribution in [3.8, 4) is 0 Å². The Bertz CT molecular complexity index is 94.9. The minimum atomic E-state index is -4.67. The second-order valence-electron chi connectivity index (χ2n) is 0.448. The molecule has 7 heavy (non-hydrogen) atoms. The lowest BCUT2D eigenvalue weighted by atomic mass is 12.0. The number of rotatable bonds is 0. The van der Waals surface area contributed by atoms with Crippen LogP contribution in [-0.4, -0.2) is 17.5 Å². The Kier molecular flexibility index (Phi) is 9.69. The smallest absolute Gasteiger partial charge is 0.264 e. The molecule has 6 heteroatoms. The Hall–Kier alpha value is 0.160. The van der Waals surface area contributed by atoms with Crippen LogP contribution >= 0.6 is 12.4 Å². The van der Waals surface area contributed by atoms with Gasteiger partial charge in [0.2, 0.25) is 0 Å². The summed E-state index contributed by atoms with van der Waals surface area (Å²) in [5, 5.41) is 0. The Morgan fingerprint density at radius 1 is 1.14 bits per heavy atom. The van der Waals surface area contributed by atoms with Crippen molar-refractivity contribution >= 4 is 22.8 Å². The summed E-state index contributed by atoms with van der Waals surface area (Å²) >= 11 is 0. The standard InChI is InChI=1S/CH4.ClH.H2O4S/c;;1-5(2,3)4/h1H4;1H;(H2,1,2,3,4). The van der Waals surface area contributed by atoms with Gasteiger partial charge in [0.25, 0.3) is 0 Å². The van der Waals surface area contributed by atoms with Crippen LogP contribution in [0, 0.1) is 0 Å². The highest BCUT2D eigenvalue weighted by Crippen LogP contribution is 1.59. The maximum absolute atomic E-state index is 8.74.